The van der Waals surface area contributed by atoms with Crippen LogP contribution in [0.25, 0.3) is 0 Å². The van der Waals surface area contributed by atoms with Crippen LogP contribution < -0.4 is 0 Å². The highest BCUT2D eigenvalue weighted by Gasteiger charge is 1.97. The molecule has 0 rings (SSSR count). The number of hydrogen-bond donors (Lipinski definition) is 1. The second kappa shape index (κ2) is 5.06. The first-order chi connectivity index (χ1) is 3.81. The molecule has 2 heteroatoms. The average Bonchev–Trinajstić information content (AvgIpc) is 1.68. The van der Waals surface area contributed by atoms with Crippen molar-refractivity contribution in [1.82, 2.24) is 0 Å². The molecule has 2 radical (unpaired) electrons. The van der Waals surface area contributed by atoms with Crippen molar-refractivity contribution in [3.63, 3.8) is 0 Å². The van der Waals surface area contributed by atoms with E-state index >= 15 is 0 Å². The summed E-state index contributed by atoms with van der Waals surface area (Å²) in [7, 11) is 4.78. The van der Waals surface area contributed by atoms with Gasteiger partial charge in [0.15, 0.2) is 0 Å². The Morgan fingerprint density at radius 1 is 1.75 bits per heavy atom. The quantitative estimate of drug-likeness (QED) is 0.585. The molecule has 0 aromatic rings. The van der Waals surface area contributed by atoms with E-state index in [0.717, 1.165) is 6.42 Å². The summed E-state index contributed by atoms with van der Waals surface area (Å²) in [6.07, 6.45) is 0.761. The molecule has 0 heterocycles. The third kappa shape index (κ3) is 4.09. The Labute approximate surface area is 50.5 Å². The third-order valence-corrected chi connectivity index (χ3v) is 1.00. The normalized spacial score (nSPS) is 13.9. The number of rotatable bonds is 4. The van der Waals surface area contributed by atoms with Crippen molar-refractivity contribution in [2.24, 2.45) is 5.92 Å². The van der Waals surface area contributed by atoms with E-state index in [9.17, 15) is 0 Å². The summed E-state index contributed by atoms with van der Waals surface area (Å²) in [5.74, 6) is 0.366. The van der Waals surface area contributed by atoms with Gasteiger partial charge in [-0.05, 0) is 12.3 Å². The van der Waals surface area contributed by atoms with E-state index in [1.807, 2.05) is 6.92 Å². The maximum atomic E-state index is 8.37. The summed E-state index contributed by atoms with van der Waals surface area (Å²) in [6.45, 7) is 2.72. The van der Waals surface area contributed by atoms with Gasteiger partial charge < -0.3 is 9.84 Å². The molecule has 0 aromatic heterocycles. The lowest BCUT2D eigenvalue weighted by molar-refractivity contribution is 0.169. The number of aliphatic hydroxyl groups is 1. The van der Waals surface area contributed by atoms with Crippen molar-refractivity contribution >= 4 is 0 Å². The van der Waals surface area contributed by atoms with Gasteiger partial charge in [-0.25, -0.2) is 0 Å². The highest BCUT2D eigenvalue weighted by Crippen LogP contribution is 1.99. The first-order valence-corrected chi connectivity index (χ1v) is 2.73. The lowest BCUT2D eigenvalue weighted by Gasteiger charge is -2.05. The molecule has 0 aliphatic carbocycles. The van der Waals surface area contributed by atoms with Gasteiger partial charge in [-0.15, -0.1) is 0 Å². The Hall–Kier alpha value is -0.0800. The van der Waals surface area contributed by atoms with Crippen LogP contribution in [0, 0.1) is 13.0 Å². The van der Waals surface area contributed by atoms with Crippen LogP contribution in [0.4, 0.5) is 0 Å². The van der Waals surface area contributed by atoms with Gasteiger partial charge in [0.1, 0.15) is 7.11 Å². The summed E-state index contributed by atoms with van der Waals surface area (Å²) in [6, 6.07) is 0. The van der Waals surface area contributed by atoms with Crippen molar-refractivity contribution in [2.45, 2.75) is 13.3 Å². The van der Waals surface area contributed by atoms with Gasteiger partial charge in [0.25, 0.3) is 0 Å². The Balaban J connectivity index is 2.92. The second-order valence-electron chi connectivity index (χ2n) is 1.95. The second-order valence-corrected chi connectivity index (χ2v) is 1.95. The predicted molar refractivity (Wildman–Crippen MR) is 31.1 cm³/mol. The van der Waals surface area contributed by atoms with Gasteiger partial charge in [-0.3, -0.25) is 0 Å². The zero-order valence-corrected chi connectivity index (χ0v) is 5.13. The highest BCUT2D eigenvalue weighted by atomic mass is 16.5. The van der Waals surface area contributed by atoms with Crippen LogP contribution in [0.3, 0.4) is 0 Å². The van der Waals surface area contributed by atoms with E-state index in [2.05, 4.69) is 4.74 Å². The summed E-state index contributed by atoms with van der Waals surface area (Å²) in [4.78, 5) is 0. The molecule has 0 saturated carbocycles. The molecule has 0 saturated heterocycles. The van der Waals surface area contributed by atoms with Crippen molar-refractivity contribution in [3.8, 4) is 0 Å². The van der Waals surface area contributed by atoms with Gasteiger partial charge >= 0.3 is 0 Å². The van der Waals surface area contributed by atoms with Crippen molar-refractivity contribution in [3.05, 3.63) is 7.11 Å². The van der Waals surface area contributed by atoms with E-state index in [0.29, 0.717) is 12.5 Å². The zero-order chi connectivity index (χ0) is 6.41. The number of hydrogen-bond acceptors (Lipinski definition) is 2. The van der Waals surface area contributed by atoms with Crippen LogP contribution >= 0.6 is 0 Å². The average molecular weight is 116 g/mol. The Bertz CT molecular complexity index is 39.8. The summed E-state index contributed by atoms with van der Waals surface area (Å²) in [5.41, 5.74) is 0. The summed E-state index contributed by atoms with van der Waals surface area (Å²) < 4.78 is 4.35. The molecule has 1 unspecified atom stereocenters. The molecule has 1 atom stereocenters. The minimum atomic E-state index is 0.213. The summed E-state index contributed by atoms with van der Waals surface area (Å²) in [5, 5.41) is 8.37. The molecular weight excluding hydrogens is 104 g/mol. The molecule has 0 aromatic carbocycles. The largest absolute Gasteiger partial charge is 0.396 e. The van der Waals surface area contributed by atoms with E-state index < -0.39 is 0 Å². The Morgan fingerprint density at radius 2 is 2.38 bits per heavy atom. The number of aliphatic hydroxyl groups excluding tert-OH is 1. The molecule has 1 N–H and O–H groups in total. The van der Waals surface area contributed by atoms with Crippen LogP contribution in [-0.4, -0.2) is 18.3 Å². The van der Waals surface area contributed by atoms with E-state index in [1.165, 1.54) is 0 Å². The van der Waals surface area contributed by atoms with Crippen LogP contribution in [0.2, 0.25) is 0 Å². The van der Waals surface area contributed by atoms with Gasteiger partial charge in [0.2, 0.25) is 0 Å². The third-order valence-electron chi connectivity index (χ3n) is 1.00. The van der Waals surface area contributed by atoms with Gasteiger partial charge in [0.05, 0.1) is 0 Å². The molecule has 48 valence electrons. The predicted octanol–water partition coefficient (Wildman–Crippen LogP) is 0.690. The molecule has 0 amide bonds. The fourth-order valence-corrected chi connectivity index (χ4v) is 0.468. The van der Waals surface area contributed by atoms with Crippen LogP contribution in [0.1, 0.15) is 13.3 Å². The fourth-order valence-electron chi connectivity index (χ4n) is 0.468. The molecule has 8 heavy (non-hydrogen) atoms. The first kappa shape index (κ1) is 7.92. The van der Waals surface area contributed by atoms with Crippen molar-refractivity contribution in [1.29, 1.82) is 0 Å². The van der Waals surface area contributed by atoms with Gasteiger partial charge in [-0.2, -0.15) is 0 Å². The fraction of sp³-hybridized carbons (Fsp3) is 0.833. The van der Waals surface area contributed by atoms with E-state index in [1.54, 1.807) is 0 Å². The van der Waals surface area contributed by atoms with Crippen LogP contribution in [0.5, 0.6) is 0 Å². The molecule has 2 nitrogen and oxygen atoms in total. The monoisotopic (exact) mass is 116 g/mol. The minimum Gasteiger partial charge on any atom is -0.396 e. The van der Waals surface area contributed by atoms with E-state index in [-0.39, 0.29) is 6.61 Å². The topological polar surface area (TPSA) is 29.5 Å². The number of ether oxygens (including phenoxy) is 1. The smallest absolute Gasteiger partial charge is 0.115 e. The molecule has 0 aliphatic heterocycles. The molecular formula is C6H12O2. The standard InChI is InChI=1S/C6H12O2/c1-6(3-4-7)5-8-2/h2,6-7H,3-5H2,1H3. The summed E-state index contributed by atoms with van der Waals surface area (Å²) >= 11 is 0. The minimum absolute atomic E-state index is 0.213. The van der Waals surface area contributed by atoms with Crippen LogP contribution in [0.15, 0.2) is 0 Å². The molecule has 0 bridgehead atoms. The maximum Gasteiger partial charge on any atom is 0.115 e. The van der Waals surface area contributed by atoms with Gasteiger partial charge in [0, 0.05) is 13.2 Å². The maximum absolute atomic E-state index is 8.37. The molecule has 0 aliphatic rings. The zero-order valence-electron chi connectivity index (χ0n) is 5.13. The lowest BCUT2D eigenvalue weighted by Crippen LogP contribution is -2.04. The lowest BCUT2D eigenvalue weighted by atomic mass is 10.1. The Morgan fingerprint density at radius 3 is 2.75 bits per heavy atom. The Kier molecular flexibility index (Phi) is 5.01. The highest BCUT2D eigenvalue weighted by molar-refractivity contribution is 4.48. The van der Waals surface area contributed by atoms with Crippen molar-refractivity contribution < 1.29 is 9.84 Å². The molecule has 0 fully saturated rings. The van der Waals surface area contributed by atoms with Crippen LogP contribution in [-0.2, 0) is 4.74 Å². The SMILES string of the molecule is [CH]OCC(C)CCO. The van der Waals surface area contributed by atoms with E-state index in [4.69, 9.17) is 12.2 Å². The molecule has 0 spiro atoms. The first-order valence-electron chi connectivity index (χ1n) is 2.73. The van der Waals surface area contributed by atoms with Gasteiger partial charge in [-0.1, -0.05) is 6.92 Å². The van der Waals surface area contributed by atoms with Crippen molar-refractivity contribution in [2.75, 3.05) is 13.2 Å².